The fourth-order valence-electron chi connectivity index (χ4n) is 3.43. The third-order valence-corrected chi connectivity index (χ3v) is 5.70. The van der Waals surface area contributed by atoms with Crippen LogP contribution in [0.3, 0.4) is 0 Å². The SMILES string of the molecule is Cc1cccc(NC(=O)c2cccc(NC(=O)COc3ccc(-c4ccccc4)cc3Br)c2)c1. The van der Waals surface area contributed by atoms with Gasteiger partial charge in [-0.25, -0.2) is 0 Å². The Morgan fingerprint density at radius 2 is 1.50 bits per heavy atom. The molecule has 0 unspecified atom stereocenters. The van der Waals surface area contributed by atoms with E-state index >= 15 is 0 Å². The molecule has 34 heavy (non-hydrogen) atoms. The van der Waals surface area contributed by atoms with E-state index in [1.807, 2.05) is 79.7 Å². The Hall–Kier alpha value is -3.90. The van der Waals surface area contributed by atoms with Gasteiger partial charge in [-0.3, -0.25) is 9.59 Å². The predicted molar refractivity (Wildman–Crippen MR) is 139 cm³/mol. The van der Waals surface area contributed by atoms with Gasteiger partial charge in [-0.05, 0) is 82.0 Å². The summed E-state index contributed by atoms with van der Waals surface area (Å²) >= 11 is 3.52. The number of nitrogens with one attached hydrogen (secondary N) is 2. The van der Waals surface area contributed by atoms with Crippen LogP contribution in [0.15, 0.2) is 102 Å². The van der Waals surface area contributed by atoms with Crippen LogP contribution in [0.5, 0.6) is 5.75 Å². The number of amides is 2. The average Bonchev–Trinajstić information content (AvgIpc) is 2.84. The lowest BCUT2D eigenvalue weighted by Crippen LogP contribution is -2.20. The molecular formula is C28H23BrN2O3. The monoisotopic (exact) mass is 514 g/mol. The first-order chi connectivity index (χ1) is 16.5. The molecule has 2 N–H and O–H groups in total. The first kappa shape index (κ1) is 23.3. The summed E-state index contributed by atoms with van der Waals surface area (Å²) in [6.45, 7) is 1.80. The smallest absolute Gasteiger partial charge is 0.262 e. The van der Waals surface area contributed by atoms with Gasteiger partial charge in [0, 0.05) is 16.9 Å². The van der Waals surface area contributed by atoms with E-state index in [2.05, 4.69) is 26.6 Å². The molecule has 0 aliphatic carbocycles. The molecule has 0 fully saturated rings. The Balaban J connectivity index is 1.35. The van der Waals surface area contributed by atoms with Crippen LogP contribution in [0.25, 0.3) is 11.1 Å². The van der Waals surface area contributed by atoms with Gasteiger partial charge in [0.1, 0.15) is 5.75 Å². The number of benzene rings is 4. The van der Waals surface area contributed by atoms with Crippen molar-refractivity contribution in [3.8, 4) is 16.9 Å². The van der Waals surface area contributed by atoms with Gasteiger partial charge in [0.15, 0.2) is 6.61 Å². The number of hydrogen-bond acceptors (Lipinski definition) is 3. The van der Waals surface area contributed by atoms with Gasteiger partial charge in [0.25, 0.3) is 11.8 Å². The van der Waals surface area contributed by atoms with Crippen molar-refractivity contribution < 1.29 is 14.3 Å². The number of anilines is 2. The van der Waals surface area contributed by atoms with Crippen LogP contribution in [0.2, 0.25) is 0 Å². The summed E-state index contributed by atoms with van der Waals surface area (Å²) in [4.78, 5) is 25.0. The van der Waals surface area contributed by atoms with E-state index in [0.29, 0.717) is 17.0 Å². The van der Waals surface area contributed by atoms with Gasteiger partial charge < -0.3 is 15.4 Å². The van der Waals surface area contributed by atoms with Crippen LogP contribution >= 0.6 is 15.9 Å². The van der Waals surface area contributed by atoms with Crippen LogP contribution in [0, 0.1) is 6.92 Å². The van der Waals surface area contributed by atoms with Crippen LogP contribution in [-0.2, 0) is 4.79 Å². The van der Waals surface area contributed by atoms with E-state index in [1.54, 1.807) is 24.3 Å². The summed E-state index contributed by atoms with van der Waals surface area (Å²) in [7, 11) is 0. The molecule has 0 aromatic heterocycles. The van der Waals surface area contributed by atoms with Gasteiger partial charge in [0.05, 0.1) is 4.47 Å². The third-order valence-electron chi connectivity index (χ3n) is 5.08. The summed E-state index contributed by atoms with van der Waals surface area (Å²) < 4.78 is 6.45. The highest BCUT2D eigenvalue weighted by Crippen LogP contribution is 2.30. The van der Waals surface area contributed by atoms with Crippen molar-refractivity contribution in [2.45, 2.75) is 6.92 Å². The van der Waals surface area contributed by atoms with E-state index in [4.69, 9.17) is 4.74 Å². The summed E-state index contributed by atoms with van der Waals surface area (Å²) in [6, 6.07) is 30.1. The standard InChI is InChI=1S/C28H23BrN2O3/c1-19-7-5-11-23(15-19)31-28(33)22-10-6-12-24(16-22)30-27(32)18-34-26-14-13-21(17-25(26)29)20-8-3-2-4-9-20/h2-17H,18H2,1H3,(H,30,32)(H,31,33). The van der Waals surface area contributed by atoms with E-state index in [-0.39, 0.29) is 18.4 Å². The molecule has 0 aliphatic heterocycles. The lowest BCUT2D eigenvalue weighted by molar-refractivity contribution is -0.118. The minimum absolute atomic E-state index is 0.164. The van der Waals surface area contributed by atoms with E-state index in [1.165, 1.54) is 0 Å². The quantitative estimate of drug-likeness (QED) is 0.288. The Morgan fingerprint density at radius 3 is 2.24 bits per heavy atom. The summed E-state index contributed by atoms with van der Waals surface area (Å²) in [6.07, 6.45) is 0. The number of ether oxygens (including phenoxy) is 1. The molecule has 0 aliphatic rings. The molecule has 0 bridgehead atoms. The summed E-state index contributed by atoms with van der Waals surface area (Å²) in [5.74, 6) is -0.00298. The maximum absolute atomic E-state index is 12.6. The zero-order chi connectivity index (χ0) is 23.9. The first-order valence-electron chi connectivity index (χ1n) is 10.7. The molecule has 4 aromatic rings. The van der Waals surface area contributed by atoms with Gasteiger partial charge in [-0.2, -0.15) is 0 Å². The maximum atomic E-state index is 12.6. The van der Waals surface area contributed by atoms with Gasteiger partial charge in [-0.1, -0.05) is 54.6 Å². The van der Waals surface area contributed by atoms with Crippen LogP contribution in [0.1, 0.15) is 15.9 Å². The van der Waals surface area contributed by atoms with Crippen molar-refractivity contribution in [3.63, 3.8) is 0 Å². The first-order valence-corrected chi connectivity index (χ1v) is 11.5. The maximum Gasteiger partial charge on any atom is 0.262 e. The third kappa shape index (κ3) is 6.11. The highest BCUT2D eigenvalue weighted by Gasteiger charge is 2.11. The van der Waals surface area contributed by atoms with Crippen LogP contribution in [0.4, 0.5) is 11.4 Å². The Bertz CT molecular complexity index is 1320. The van der Waals surface area contributed by atoms with Gasteiger partial charge >= 0.3 is 0 Å². The van der Waals surface area contributed by atoms with E-state index < -0.39 is 0 Å². The summed E-state index contributed by atoms with van der Waals surface area (Å²) in [5.41, 5.74) is 4.88. The highest BCUT2D eigenvalue weighted by atomic mass is 79.9. The Kier molecular flexibility index (Phi) is 7.40. The molecule has 4 aromatic carbocycles. The molecule has 0 spiro atoms. The fraction of sp³-hybridized carbons (Fsp3) is 0.0714. The van der Waals surface area contributed by atoms with Crippen molar-refractivity contribution in [3.05, 3.63) is 113 Å². The molecule has 0 saturated heterocycles. The fourth-order valence-corrected chi connectivity index (χ4v) is 3.93. The van der Waals surface area contributed by atoms with Gasteiger partial charge in [0.2, 0.25) is 0 Å². The number of hydrogen-bond donors (Lipinski definition) is 2. The number of aryl methyl sites for hydroxylation is 1. The molecule has 0 radical (unpaired) electrons. The number of rotatable bonds is 7. The predicted octanol–water partition coefficient (Wildman–Crippen LogP) is 6.69. The van der Waals surface area contributed by atoms with Crippen LogP contribution in [-0.4, -0.2) is 18.4 Å². The average molecular weight is 515 g/mol. The molecule has 0 heterocycles. The second-order valence-electron chi connectivity index (χ2n) is 7.75. The normalized spacial score (nSPS) is 10.4. The number of halogens is 1. The second-order valence-corrected chi connectivity index (χ2v) is 8.61. The molecule has 0 atom stereocenters. The number of carbonyl (C=O) groups is 2. The molecule has 2 amide bonds. The molecular weight excluding hydrogens is 492 g/mol. The number of carbonyl (C=O) groups excluding carboxylic acids is 2. The zero-order valence-electron chi connectivity index (χ0n) is 18.5. The highest BCUT2D eigenvalue weighted by molar-refractivity contribution is 9.10. The Morgan fingerprint density at radius 1 is 0.765 bits per heavy atom. The lowest BCUT2D eigenvalue weighted by atomic mass is 10.1. The largest absolute Gasteiger partial charge is 0.483 e. The molecule has 5 nitrogen and oxygen atoms in total. The summed E-state index contributed by atoms with van der Waals surface area (Å²) in [5, 5.41) is 5.65. The molecule has 170 valence electrons. The van der Waals surface area contributed by atoms with Gasteiger partial charge in [-0.15, -0.1) is 0 Å². The molecule has 4 rings (SSSR count). The van der Waals surface area contributed by atoms with Crippen LogP contribution < -0.4 is 15.4 Å². The van der Waals surface area contributed by atoms with Crippen molar-refractivity contribution in [2.75, 3.05) is 17.2 Å². The Labute approximate surface area is 206 Å². The zero-order valence-corrected chi connectivity index (χ0v) is 20.1. The lowest BCUT2D eigenvalue weighted by Gasteiger charge is -2.11. The topological polar surface area (TPSA) is 67.4 Å². The van der Waals surface area contributed by atoms with Crippen molar-refractivity contribution in [1.29, 1.82) is 0 Å². The minimum Gasteiger partial charge on any atom is -0.483 e. The second kappa shape index (κ2) is 10.8. The van der Waals surface area contributed by atoms with Crippen molar-refractivity contribution in [1.82, 2.24) is 0 Å². The van der Waals surface area contributed by atoms with E-state index in [9.17, 15) is 9.59 Å². The van der Waals surface area contributed by atoms with Crippen molar-refractivity contribution in [2.24, 2.45) is 0 Å². The molecule has 6 heteroatoms. The minimum atomic E-state index is -0.324. The molecule has 0 saturated carbocycles. The van der Waals surface area contributed by atoms with E-state index in [0.717, 1.165) is 26.9 Å². The van der Waals surface area contributed by atoms with Crippen molar-refractivity contribution >= 4 is 39.1 Å².